The summed E-state index contributed by atoms with van der Waals surface area (Å²) in [6, 6.07) is 8.63. The molecule has 30 heavy (non-hydrogen) atoms. The van der Waals surface area contributed by atoms with Gasteiger partial charge in [0.15, 0.2) is 5.96 Å². The molecule has 1 aliphatic heterocycles. The van der Waals surface area contributed by atoms with Crippen molar-refractivity contribution < 1.29 is 9.47 Å². The first-order chi connectivity index (χ1) is 14.0. The third-order valence-electron chi connectivity index (χ3n) is 5.20. The van der Waals surface area contributed by atoms with Gasteiger partial charge in [0, 0.05) is 51.4 Å². The van der Waals surface area contributed by atoms with Gasteiger partial charge in [0.25, 0.3) is 0 Å². The number of nitrogens with one attached hydrogen (secondary N) is 2. The molecule has 1 aromatic carbocycles. The largest absolute Gasteiger partial charge is 0.492 e. The number of para-hydroxylation sites is 1. The van der Waals surface area contributed by atoms with Crippen LogP contribution in [0.5, 0.6) is 5.75 Å². The molecule has 7 nitrogen and oxygen atoms in total. The minimum Gasteiger partial charge on any atom is -0.492 e. The Balaban J connectivity index is 0.00000450. The molecule has 1 unspecified atom stereocenters. The lowest BCUT2D eigenvalue weighted by molar-refractivity contribution is 0.00752. The van der Waals surface area contributed by atoms with E-state index in [1.807, 2.05) is 39.3 Å². The van der Waals surface area contributed by atoms with E-state index in [0.717, 1.165) is 56.7 Å². The SMILES string of the molecule is CN=C(NCc1ccccc1OCCN(C)C)NCC(C(C)C)N1CCOCC1.I. The van der Waals surface area contributed by atoms with Gasteiger partial charge in [-0.1, -0.05) is 32.0 Å². The number of morpholine rings is 1. The van der Waals surface area contributed by atoms with E-state index in [-0.39, 0.29) is 24.0 Å². The zero-order valence-electron chi connectivity index (χ0n) is 19.2. The zero-order valence-corrected chi connectivity index (χ0v) is 21.5. The normalized spacial score (nSPS) is 16.3. The molecule has 1 heterocycles. The van der Waals surface area contributed by atoms with Crippen LogP contribution in [0.3, 0.4) is 0 Å². The van der Waals surface area contributed by atoms with Crippen LogP contribution in [0.2, 0.25) is 0 Å². The lowest BCUT2D eigenvalue weighted by atomic mass is 10.0. The topological polar surface area (TPSA) is 61.4 Å². The first-order valence-corrected chi connectivity index (χ1v) is 10.6. The molecule has 2 rings (SSSR count). The molecule has 0 amide bonds. The molecule has 1 aliphatic rings. The van der Waals surface area contributed by atoms with Gasteiger partial charge in [-0.25, -0.2) is 0 Å². The molecular formula is C22H40IN5O2. The van der Waals surface area contributed by atoms with Crippen LogP contribution >= 0.6 is 24.0 Å². The number of aliphatic imine (C=N–C) groups is 1. The van der Waals surface area contributed by atoms with Gasteiger partial charge in [-0.2, -0.15) is 0 Å². The second-order valence-corrected chi connectivity index (χ2v) is 8.03. The second kappa shape index (κ2) is 14.8. The van der Waals surface area contributed by atoms with Crippen LogP contribution < -0.4 is 15.4 Å². The predicted molar refractivity (Wildman–Crippen MR) is 135 cm³/mol. The van der Waals surface area contributed by atoms with E-state index in [0.29, 0.717) is 25.1 Å². The fraction of sp³-hybridized carbons (Fsp3) is 0.682. The molecule has 1 saturated heterocycles. The number of hydrogen-bond donors (Lipinski definition) is 2. The van der Waals surface area contributed by atoms with Crippen LogP contribution in [0.4, 0.5) is 0 Å². The van der Waals surface area contributed by atoms with Crippen molar-refractivity contribution in [2.75, 3.05) is 67.1 Å². The van der Waals surface area contributed by atoms with Crippen molar-refractivity contribution in [2.45, 2.75) is 26.4 Å². The number of halogens is 1. The number of rotatable bonds is 10. The summed E-state index contributed by atoms with van der Waals surface area (Å²) in [5.74, 6) is 2.29. The van der Waals surface area contributed by atoms with Gasteiger partial charge in [0.05, 0.1) is 13.2 Å². The second-order valence-electron chi connectivity index (χ2n) is 8.03. The van der Waals surface area contributed by atoms with Crippen molar-refractivity contribution in [1.82, 2.24) is 20.4 Å². The highest BCUT2D eigenvalue weighted by Gasteiger charge is 2.23. The van der Waals surface area contributed by atoms with Crippen LogP contribution in [-0.2, 0) is 11.3 Å². The molecule has 0 radical (unpaired) electrons. The summed E-state index contributed by atoms with van der Waals surface area (Å²) < 4.78 is 11.5. The van der Waals surface area contributed by atoms with Crippen molar-refractivity contribution in [2.24, 2.45) is 10.9 Å². The van der Waals surface area contributed by atoms with Crippen LogP contribution in [-0.4, -0.2) is 88.9 Å². The summed E-state index contributed by atoms with van der Waals surface area (Å²) in [7, 11) is 5.91. The molecule has 0 bridgehead atoms. The highest BCUT2D eigenvalue weighted by molar-refractivity contribution is 14.0. The van der Waals surface area contributed by atoms with Crippen molar-refractivity contribution in [3.05, 3.63) is 29.8 Å². The highest BCUT2D eigenvalue weighted by atomic mass is 127. The maximum absolute atomic E-state index is 5.96. The Morgan fingerprint density at radius 3 is 2.53 bits per heavy atom. The van der Waals surface area contributed by atoms with E-state index in [1.54, 1.807) is 0 Å². The number of hydrogen-bond acceptors (Lipinski definition) is 5. The Labute approximate surface area is 199 Å². The first kappa shape index (κ1) is 26.9. The predicted octanol–water partition coefficient (Wildman–Crippen LogP) is 2.27. The number of nitrogens with zero attached hydrogens (tertiary/aromatic N) is 3. The fourth-order valence-corrected chi connectivity index (χ4v) is 3.43. The minimum absolute atomic E-state index is 0. The maximum atomic E-state index is 5.96. The van der Waals surface area contributed by atoms with Crippen molar-refractivity contribution in [3.63, 3.8) is 0 Å². The Kier molecular flexibility index (Phi) is 13.3. The van der Waals surface area contributed by atoms with Gasteiger partial charge in [-0.3, -0.25) is 9.89 Å². The number of ether oxygens (including phenoxy) is 2. The summed E-state index contributed by atoms with van der Waals surface area (Å²) >= 11 is 0. The molecule has 1 atom stereocenters. The van der Waals surface area contributed by atoms with Crippen molar-refractivity contribution >= 4 is 29.9 Å². The smallest absolute Gasteiger partial charge is 0.191 e. The van der Waals surface area contributed by atoms with E-state index in [4.69, 9.17) is 9.47 Å². The Morgan fingerprint density at radius 1 is 1.20 bits per heavy atom. The molecule has 1 aromatic rings. The zero-order chi connectivity index (χ0) is 21.1. The molecule has 0 saturated carbocycles. The molecule has 1 fully saturated rings. The lowest BCUT2D eigenvalue weighted by Crippen LogP contribution is -2.52. The van der Waals surface area contributed by atoms with E-state index in [2.05, 4.69) is 45.3 Å². The van der Waals surface area contributed by atoms with Crippen LogP contribution in [0.15, 0.2) is 29.3 Å². The third kappa shape index (κ3) is 9.36. The van der Waals surface area contributed by atoms with Crippen LogP contribution in [0.1, 0.15) is 19.4 Å². The van der Waals surface area contributed by atoms with Gasteiger partial charge < -0.3 is 25.0 Å². The number of likely N-dealkylation sites (N-methyl/N-ethyl adjacent to an activating group) is 1. The van der Waals surface area contributed by atoms with Crippen molar-refractivity contribution in [1.29, 1.82) is 0 Å². The molecule has 0 aliphatic carbocycles. The Morgan fingerprint density at radius 2 is 1.90 bits per heavy atom. The molecule has 2 N–H and O–H groups in total. The molecule has 0 spiro atoms. The summed E-state index contributed by atoms with van der Waals surface area (Å²) in [4.78, 5) is 9.03. The van der Waals surface area contributed by atoms with Gasteiger partial charge in [0.1, 0.15) is 12.4 Å². The quantitative estimate of drug-likeness (QED) is 0.274. The summed E-state index contributed by atoms with van der Waals surface area (Å²) in [5.41, 5.74) is 1.13. The first-order valence-electron chi connectivity index (χ1n) is 10.6. The minimum atomic E-state index is 0. The number of guanidine groups is 1. The molecule has 172 valence electrons. The van der Waals surface area contributed by atoms with E-state index in [1.165, 1.54) is 0 Å². The van der Waals surface area contributed by atoms with E-state index >= 15 is 0 Å². The fourth-order valence-electron chi connectivity index (χ4n) is 3.43. The van der Waals surface area contributed by atoms with Crippen LogP contribution in [0, 0.1) is 5.92 Å². The summed E-state index contributed by atoms with van der Waals surface area (Å²) in [6.45, 7) is 11.3. The molecule has 8 heteroatoms. The average molecular weight is 533 g/mol. The monoisotopic (exact) mass is 533 g/mol. The van der Waals surface area contributed by atoms with Gasteiger partial charge in [0.2, 0.25) is 0 Å². The maximum Gasteiger partial charge on any atom is 0.191 e. The molecular weight excluding hydrogens is 493 g/mol. The highest BCUT2D eigenvalue weighted by Crippen LogP contribution is 2.17. The third-order valence-corrected chi connectivity index (χ3v) is 5.20. The van der Waals surface area contributed by atoms with Crippen molar-refractivity contribution in [3.8, 4) is 5.75 Å². The Hall–Kier alpha value is -1.10. The van der Waals surface area contributed by atoms with E-state index in [9.17, 15) is 0 Å². The standard InChI is InChI=1S/C22H39N5O2.HI/c1-18(2)20(27-11-13-28-14-12-27)17-25-22(23-3)24-16-19-8-6-7-9-21(19)29-15-10-26(4)5;/h6-9,18,20H,10-17H2,1-5H3,(H2,23,24,25);1H. The van der Waals surface area contributed by atoms with Gasteiger partial charge in [-0.15, -0.1) is 24.0 Å². The average Bonchev–Trinajstić information content (AvgIpc) is 2.71. The van der Waals surface area contributed by atoms with Crippen LogP contribution in [0.25, 0.3) is 0 Å². The number of benzene rings is 1. The lowest BCUT2D eigenvalue weighted by Gasteiger charge is -2.37. The van der Waals surface area contributed by atoms with E-state index < -0.39 is 0 Å². The summed E-state index contributed by atoms with van der Waals surface area (Å²) in [6.07, 6.45) is 0. The molecule has 0 aromatic heterocycles. The van der Waals surface area contributed by atoms with Gasteiger partial charge in [-0.05, 0) is 26.1 Å². The van der Waals surface area contributed by atoms with Gasteiger partial charge >= 0.3 is 0 Å². The summed E-state index contributed by atoms with van der Waals surface area (Å²) in [5, 5.41) is 6.93. The Bertz CT molecular complexity index is 621.